The summed E-state index contributed by atoms with van der Waals surface area (Å²) in [6, 6.07) is 5.80. The number of rotatable bonds is 3. The molecule has 3 aromatic rings. The Labute approximate surface area is 157 Å². The second-order valence-corrected chi connectivity index (χ2v) is 8.96. The van der Waals surface area contributed by atoms with Gasteiger partial charge in [0.15, 0.2) is 5.65 Å². The molecular formula is C19H21FN4O2S. The van der Waals surface area contributed by atoms with Crippen LogP contribution in [0.4, 0.5) is 4.39 Å². The van der Waals surface area contributed by atoms with Crippen LogP contribution in [0.5, 0.6) is 0 Å². The number of fused-ring (bicyclic) bond motifs is 1. The van der Waals surface area contributed by atoms with Gasteiger partial charge >= 0.3 is 0 Å². The molecule has 0 bridgehead atoms. The van der Waals surface area contributed by atoms with E-state index >= 15 is 0 Å². The average Bonchev–Trinajstić information content (AvgIpc) is 3.04. The summed E-state index contributed by atoms with van der Waals surface area (Å²) in [5, 5.41) is 0. The lowest BCUT2D eigenvalue weighted by Crippen LogP contribution is -2.38. The number of aromatic nitrogens is 3. The minimum Gasteiger partial charge on any atom is -0.342 e. The number of aromatic amines is 1. The van der Waals surface area contributed by atoms with Crippen molar-refractivity contribution in [3.05, 3.63) is 53.2 Å². The zero-order valence-corrected chi connectivity index (χ0v) is 16.1. The first-order valence-electron chi connectivity index (χ1n) is 8.93. The van der Waals surface area contributed by atoms with Crippen molar-refractivity contribution in [2.75, 3.05) is 13.1 Å². The third-order valence-electron chi connectivity index (χ3n) is 5.12. The highest BCUT2D eigenvalue weighted by molar-refractivity contribution is 7.89. The van der Waals surface area contributed by atoms with Crippen LogP contribution in [0.2, 0.25) is 0 Å². The molecule has 1 N–H and O–H groups in total. The van der Waals surface area contributed by atoms with E-state index in [1.807, 2.05) is 13.0 Å². The summed E-state index contributed by atoms with van der Waals surface area (Å²) in [6.45, 7) is 4.38. The van der Waals surface area contributed by atoms with Crippen LogP contribution in [0, 0.1) is 19.7 Å². The summed E-state index contributed by atoms with van der Waals surface area (Å²) in [7, 11) is -3.61. The van der Waals surface area contributed by atoms with E-state index in [0.29, 0.717) is 31.5 Å². The standard InChI is InChI=1S/C19H21FN4O2S/c1-12-9-15(20)3-4-18(12)27(25,26)24-7-5-14(6-8-24)16-10-17-19(23-16)22-13(2)11-21-17/h3-4,9-11,14H,5-8H2,1-2H3,(H,22,23). The second kappa shape index (κ2) is 6.69. The Morgan fingerprint density at radius 1 is 1.19 bits per heavy atom. The maximum absolute atomic E-state index is 13.3. The first-order chi connectivity index (χ1) is 12.8. The van der Waals surface area contributed by atoms with Crippen molar-refractivity contribution in [2.45, 2.75) is 37.5 Å². The smallest absolute Gasteiger partial charge is 0.243 e. The van der Waals surface area contributed by atoms with Crippen LogP contribution in [0.15, 0.2) is 35.4 Å². The Bertz CT molecular complexity index is 1100. The van der Waals surface area contributed by atoms with Crippen LogP contribution < -0.4 is 0 Å². The number of hydrogen-bond acceptors (Lipinski definition) is 4. The van der Waals surface area contributed by atoms with E-state index in [1.165, 1.54) is 22.5 Å². The molecule has 0 aliphatic carbocycles. The summed E-state index contributed by atoms with van der Waals surface area (Å²) < 4.78 is 40.6. The molecule has 1 aliphatic heterocycles. The van der Waals surface area contributed by atoms with Crippen molar-refractivity contribution in [3.63, 3.8) is 0 Å². The highest BCUT2D eigenvalue weighted by Crippen LogP contribution is 2.32. The van der Waals surface area contributed by atoms with E-state index in [2.05, 4.69) is 15.0 Å². The summed E-state index contributed by atoms with van der Waals surface area (Å²) >= 11 is 0. The second-order valence-electron chi connectivity index (χ2n) is 7.06. The minimum atomic E-state index is -3.61. The van der Waals surface area contributed by atoms with E-state index < -0.39 is 15.8 Å². The molecule has 27 heavy (non-hydrogen) atoms. The minimum absolute atomic E-state index is 0.178. The largest absolute Gasteiger partial charge is 0.342 e. The van der Waals surface area contributed by atoms with E-state index in [4.69, 9.17) is 0 Å². The van der Waals surface area contributed by atoms with Crippen molar-refractivity contribution in [2.24, 2.45) is 0 Å². The molecule has 0 saturated carbocycles. The highest BCUT2D eigenvalue weighted by atomic mass is 32.2. The summed E-state index contributed by atoms with van der Waals surface area (Å²) in [4.78, 5) is 12.3. The van der Waals surface area contributed by atoms with Gasteiger partial charge in [-0.15, -0.1) is 0 Å². The fourth-order valence-electron chi connectivity index (χ4n) is 3.67. The maximum Gasteiger partial charge on any atom is 0.243 e. The molecule has 0 atom stereocenters. The van der Waals surface area contributed by atoms with Crippen molar-refractivity contribution in [3.8, 4) is 0 Å². The number of H-pyrrole nitrogens is 1. The van der Waals surface area contributed by atoms with Gasteiger partial charge in [-0.3, -0.25) is 4.98 Å². The van der Waals surface area contributed by atoms with Crippen LogP contribution in [0.3, 0.4) is 0 Å². The molecule has 3 heterocycles. The Balaban J connectivity index is 1.52. The predicted octanol–water partition coefficient (Wildman–Crippen LogP) is 3.28. The number of hydrogen-bond donors (Lipinski definition) is 1. The maximum atomic E-state index is 13.3. The van der Waals surface area contributed by atoms with E-state index in [-0.39, 0.29) is 10.8 Å². The van der Waals surface area contributed by atoms with E-state index in [0.717, 1.165) is 22.6 Å². The lowest BCUT2D eigenvalue weighted by molar-refractivity contribution is 0.317. The fraction of sp³-hybridized carbons (Fsp3) is 0.368. The molecule has 6 nitrogen and oxygen atoms in total. The molecule has 1 aromatic carbocycles. The summed E-state index contributed by atoms with van der Waals surface area (Å²) in [5.74, 6) is -0.191. The van der Waals surface area contributed by atoms with Crippen LogP contribution in [0.25, 0.3) is 11.2 Å². The molecule has 0 unspecified atom stereocenters. The van der Waals surface area contributed by atoms with E-state index in [1.54, 1.807) is 13.1 Å². The number of sulfonamides is 1. The molecule has 0 amide bonds. The normalized spacial score (nSPS) is 16.9. The quantitative estimate of drug-likeness (QED) is 0.747. The lowest BCUT2D eigenvalue weighted by atomic mass is 9.95. The van der Waals surface area contributed by atoms with Gasteiger partial charge in [-0.05, 0) is 56.5 Å². The first-order valence-corrected chi connectivity index (χ1v) is 10.4. The third kappa shape index (κ3) is 3.35. The molecule has 8 heteroatoms. The van der Waals surface area contributed by atoms with Crippen molar-refractivity contribution >= 4 is 21.2 Å². The predicted molar refractivity (Wildman–Crippen MR) is 100 cm³/mol. The number of piperidine rings is 1. The van der Waals surface area contributed by atoms with Gasteiger partial charge in [0.1, 0.15) is 11.3 Å². The van der Waals surface area contributed by atoms with Gasteiger partial charge in [-0.1, -0.05) is 0 Å². The van der Waals surface area contributed by atoms with Gasteiger partial charge in [-0.25, -0.2) is 17.8 Å². The Hall–Kier alpha value is -2.32. The van der Waals surface area contributed by atoms with Crippen LogP contribution in [0.1, 0.15) is 35.7 Å². The van der Waals surface area contributed by atoms with Gasteiger partial charge in [0.2, 0.25) is 10.0 Å². The van der Waals surface area contributed by atoms with Crippen molar-refractivity contribution in [1.82, 2.24) is 19.3 Å². The molecular weight excluding hydrogens is 367 g/mol. The Morgan fingerprint density at radius 3 is 2.63 bits per heavy atom. The fourth-order valence-corrected chi connectivity index (χ4v) is 5.35. The molecule has 1 fully saturated rings. The van der Waals surface area contributed by atoms with Gasteiger partial charge < -0.3 is 4.98 Å². The van der Waals surface area contributed by atoms with Crippen LogP contribution >= 0.6 is 0 Å². The van der Waals surface area contributed by atoms with Gasteiger partial charge in [0.05, 0.1) is 10.6 Å². The Morgan fingerprint density at radius 2 is 1.93 bits per heavy atom. The topological polar surface area (TPSA) is 79.0 Å². The zero-order chi connectivity index (χ0) is 19.2. The Kier molecular flexibility index (Phi) is 4.47. The van der Waals surface area contributed by atoms with Crippen LogP contribution in [-0.4, -0.2) is 40.8 Å². The summed E-state index contributed by atoms with van der Waals surface area (Å²) in [5.41, 5.74) is 3.92. The number of nitrogens with one attached hydrogen (secondary N) is 1. The number of aryl methyl sites for hydroxylation is 2. The highest BCUT2D eigenvalue weighted by Gasteiger charge is 2.31. The average molecular weight is 388 g/mol. The van der Waals surface area contributed by atoms with E-state index in [9.17, 15) is 12.8 Å². The molecule has 2 aromatic heterocycles. The zero-order valence-electron chi connectivity index (χ0n) is 15.2. The third-order valence-corrected chi connectivity index (χ3v) is 7.18. The number of nitrogens with zero attached hydrogens (tertiary/aromatic N) is 3. The van der Waals surface area contributed by atoms with Crippen LogP contribution in [-0.2, 0) is 10.0 Å². The SMILES string of the molecule is Cc1cnc2cc(C3CCN(S(=O)(=O)c4ccc(F)cc4C)CC3)[nH]c2n1. The van der Waals surface area contributed by atoms with Crippen molar-refractivity contribution in [1.29, 1.82) is 0 Å². The molecule has 1 aliphatic rings. The molecule has 4 rings (SSSR count). The van der Waals surface area contributed by atoms with Gasteiger partial charge in [0, 0.05) is 30.9 Å². The van der Waals surface area contributed by atoms with Crippen molar-refractivity contribution < 1.29 is 12.8 Å². The summed E-state index contributed by atoms with van der Waals surface area (Å²) in [6.07, 6.45) is 3.16. The molecule has 142 valence electrons. The van der Waals surface area contributed by atoms with Gasteiger partial charge in [-0.2, -0.15) is 4.31 Å². The number of halogens is 1. The molecule has 0 spiro atoms. The van der Waals surface area contributed by atoms with Gasteiger partial charge in [0.25, 0.3) is 0 Å². The first kappa shape index (κ1) is 18.1. The molecule has 0 radical (unpaired) electrons. The number of benzene rings is 1. The monoisotopic (exact) mass is 388 g/mol. The lowest BCUT2D eigenvalue weighted by Gasteiger charge is -2.31. The molecule has 1 saturated heterocycles.